The molecule has 0 aliphatic carbocycles. The third-order valence-corrected chi connectivity index (χ3v) is 4.70. The van der Waals surface area contributed by atoms with Gasteiger partial charge in [0.1, 0.15) is 5.82 Å². The van der Waals surface area contributed by atoms with Crippen LogP contribution in [0, 0.1) is 5.82 Å². The molecule has 0 unspecified atom stereocenters. The maximum absolute atomic E-state index is 12.8. The van der Waals surface area contributed by atoms with Crippen molar-refractivity contribution in [1.29, 1.82) is 0 Å². The Bertz CT molecular complexity index is 578. The summed E-state index contributed by atoms with van der Waals surface area (Å²) in [6, 6.07) is 5.72. The molecule has 0 aliphatic rings. The van der Waals surface area contributed by atoms with Crippen molar-refractivity contribution < 1.29 is 14.3 Å². The summed E-state index contributed by atoms with van der Waals surface area (Å²) in [5.41, 5.74) is 1.42. The standard InChI is InChI=1S/C11H5Br2FO2S/c12-9-7(5-1-3-6(14)4-2-5)8(11(15)16)10(13)17-9/h1-4H,(H,15,16). The third-order valence-electron chi connectivity index (χ3n) is 2.17. The quantitative estimate of drug-likeness (QED) is 0.815. The molecular weight excluding hydrogens is 375 g/mol. The zero-order chi connectivity index (χ0) is 12.6. The molecule has 17 heavy (non-hydrogen) atoms. The summed E-state index contributed by atoms with van der Waals surface area (Å²) in [6.07, 6.45) is 0. The summed E-state index contributed by atoms with van der Waals surface area (Å²) >= 11 is 7.82. The van der Waals surface area contributed by atoms with Gasteiger partial charge in [0, 0.05) is 5.56 Å². The van der Waals surface area contributed by atoms with Crippen LogP contribution >= 0.6 is 43.2 Å². The van der Waals surface area contributed by atoms with Crippen molar-refractivity contribution >= 4 is 49.2 Å². The first kappa shape index (κ1) is 12.7. The van der Waals surface area contributed by atoms with E-state index in [1.54, 1.807) is 12.1 Å². The molecule has 88 valence electrons. The van der Waals surface area contributed by atoms with Crippen molar-refractivity contribution in [3.63, 3.8) is 0 Å². The number of carbonyl (C=O) groups is 1. The summed E-state index contributed by atoms with van der Waals surface area (Å²) in [5.74, 6) is -1.37. The molecule has 1 N–H and O–H groups in total. The minimum absolute atomic E-state index is 0.188. The lowest BCUT2D eigenvalue weighted by molar-refractivity contribution is 0.0697. The molecule has 0 saturated carbocycles. The molecule has 1 aromatic heterocycles. The van der Waals surface area contributed by atoms with E-state index in [1.165, 1.54) is 23.5 Å². The van der Waals surface area contributed by atoms with E-state index in [0.29, 0.717) is 18.7 Å². The third kappa shape index (κ3) is 2.43. The summed E-state index contributed by atoms with van der Waals surface area (Å²) in [4.78, 5) is 11.2. The molecular formula is C11H5Br2FO2S. The van der Waals surface area contributed by atoms with Crippen molar-refractivity contribution in [2.75, 3.05) is 0 Å². The van der Waals surface area contributed by atoms with Crippen LogP contribution in [0.4, 0.5) is 4.39 Å². The maximum atomic E-state index is 12.8. The van der Waals surface area contributed by atoms with Crippen LogP contribution in [0.5, 0.6) is 0 Å². The maximum Gasteiger partial charge on any atom is 0.338 e. The van der Waals surface area contributed by atoms with Crippen molar-refractivity contribution in [2.24, 2.45) is 0 Å². The number of hydrogen-bond acceptors (Lipinski definition) is 2. The van der Waals surface area contributed by atoms with Crippen LogP contribution in [0.1, 0.15) is 10.4 Å². The number of thiophene rings is 1. The lowest BCUT2D eigenvalue weighted by atomic mass is 10.1. The van der Waals surface area contributed by atoms with Crippen LogP contribution in [0.15, 0.2) is 31.8 Å². The fourth-order valence-electron chi connectivity index (χ4n) is 1.44. The smallest absolute Gasteiger partial charge is 0.338 e. The van der Waals surface area contributed by atoms with Crippen LogP contribution in [0.2, 0.25) is 0 Å². The minimum Gasteiger partial charge on any atom is -0.478 e. The van der Waals surface area contributed by atoms with Gasteiger partial charge in [-0.3, -0.25) is 0 Å². The monoisotopic (exact) mass is 378 g/mol. The zero-order valence-electron chi connectivity index (χ0n) is 8.21. The van der Waals surface area contributed by atoms with Crippen LogP contribution in [0.3, 0.4) is 0 Å². The van der Waals surface area contributed by atoms with Crippen molar-refractivity contribution in [3.05, 3.63) is 43.2 Å². The Morgan fingerprint density at radius 3 is 2.29 bits per heavy atom. The molecule has 0 bridgehead atoms. The van der Waals surface area contributed by atoms with E-state index in [9.17, 15) is 9.18 Å². The predicted molar refractivity (Wildman–Crippen MR) is 72.1 cm³/mol. The topological polar surface area (TPSA) is 37.3 Å². The first-order chi connectivity index (χ1) is 8.00. The Morgan fingerprint density at radius 1 is 1.18 bits per heavy atom. The first-order valence-electron chi connectivity index (χ1n) is 4.47. The van der Waals surface area contributed by atoms with Gasteiger partial charge in [-0.15, -0.1) is 11.3 Å². The molecule has 1 aromatic carbocycles. The van der Waals surface area contributed by atoms with Crippen LogP contribution in [0.25, 0.3) is 11.1 Å². The Balaban J connectivity index is 2.66. The fraction of sp³-hybridized carbons (Fsp3) is 0. The number of benzene rings is 1. The van der Waals surface area contributed by atoms with Gasteiger partial charge < -0.3 is 5.11 Å². The number of hydrogen-bond donors (Lipinski definition) is 1. The van der Waals surface area contributed by atoms with Gasteiger partial charge in [0.05, 0.1) is 13.1 Å². The molecule has 2 aromatic rings. The number of carboxylic acids is 1. The molecule has 0 radical (unpaired) electrons. The fourth-order valence-corrected chi connectivity index (χ4v) is 4.63. The molecule has 0 fully saturated rings. The van der Waals surface area contributed by atoms with E-state index in [1.807, 2.05) is 0 Å². The van der Waals surface area contributed by atoms with E-state index in [4.69, 9.17) is 5.11 Å². The van der Waals surface area contributed by atoms with Gasteiger partial charge in [-0.2, -0.15) is 0 Å². The lowest BCUT2D eigenvalue weighted by Gasteiger charge is -2.02. The minimum atomic E-state index is -1.02. The Hall–Kier alpha value is -0.720. The highest BCUT2D eigenvalue weighted by molar-refractivity contribution is 9.12. The molecule has 2 nitrogen and oxygen atoms in total. The molecule has 0 atom stereocenters. The number of rotatable bonds is 2. The lowest BCUT2D eigenvalue weighted by Crippen LogP contribution is -1.97. The highest BCUT2D eigenvalue weighted by Gasteiger charge is 2.22. The second kappa shape index (κ2) is 4.88. The number of carboxylic acid groups (broad SMARTS) is 1. The summed E-state index contributed by atoms with van der Waals surface area (Å²) in [5, 5.41) is 9.16. The van der Waals surface area contributed by atoms with E-state index >= 15 is 0 Å². The SMILES string of the molecule is O=C(O)c1c(Br)sc(Br)c1-c1ccc(F)cc1. The Kier molecular flexibility index (Phi) is 3.65. The Morgan fingerprint density at radius 2 is 1.76 bits per heavy atom. The normalized spacial score (nSPS) is 10.5. The molecule has 0 saturated heterocycles. The largest absolute Gasteiger partial charge is 0.478 e. The van der Waals surface area contributed by atoms with E-state index in [2.05, 4.69) is 31.9 Å². The van der Waals surface area contributed by atoms with Gasteiger partial charge in [0.25, 0.3) is 0 Å². The highest BCUT2D eigenvalue weighted by atomic mass is 79.9. The highest BCUT2D eigenvalue weighted by Crippen LogP contribution is 2.43. The molecule has 0 spiro atoms. The second-order valence-corrected chi connectivity index (χ2v) is 6.87. The molecule has 2 rings (SSSR count). The molecule has 1 heterocycles. The van der Waals surface area contributed by atoms with Crippen LogP contribution < -0.4 is 0 Å². The van der Waals surface area contributed by atoms with E-state index in [-0.39, 0.29) is 11.4 Å². The molecule has 6 heteroatoms. The first-order valence-corrected chi connectivity index (χ1v) is 6.88. The summed E-state index contributed by atoms with van der Waals surface area (Å²) in [6.45, 7) is 0. The molecule has 0 amide bonds. The van der Waals surface area contributed by atoms with Crippen LogP contribution in [-0.4, -0.2) is 11.1 Å². The van der Waals surface area contributed by atoms with Gasteiger partial charge in [-0.1, -0.05) is 12.1 Å². The van der Waals surface area contributed by atoms with Crippen molar-refractivity contribution in [2.45, 2.75) is 0 Å². The van der Waals surface area contributed by atoms with Gasteiger partial charge in [-0.25, -0.2) is 9.18 Å². The molecule has 0 aliphatic heterocycles. The van der Waals surface area contributed by atoms with Crippen LogP contribution in [-0.2, 0) is 0 Å². The number of halogens is 3. The zero-order valence-corrected chi connectivity index (χ0v) is 12.2. The van der Waals surface area contributed by atoms with E-state index < -0.39 is 5.97 Å². The predicted octanol–water partition coefficient (Wildman–Crippen LogP) is 4.78. The Labute approximate surface area is 117 Å². The van der Waals surface area contributed by atoms with Gasteiger partial charge in [-0.05, 0) is 49.6 Å². The van der Waals surface area contributed by atoms with Gasteiger partial charge in [0.15, 0.2) is 0 Å². The van der Waals surface area contributed by atoms with Gasteiger partial charge in [0.2, 0.25) is 0 Å². The second-order valence-electron chi connectivity index (χ2n) is 3.21. The number of aromatic carboxylic acids is 1. The van der Waals surface area contributed by atoms with Gasteiger partial charge >= 0.3 is 5.97 Å². The van der Waals surface area contributed by atoms with Crippen molar-refractivity contribution in [3.8, 4) is 11.1 Å². The average molecular weight is 380 g/mol. The van der Waals surface area contributed by atoms with Crippen molar-refractivity contribution in [1.82, 2.24) is 0 Å². The summed E-state index contributed by atoms with van der Waals surface area (Å²) in [7, 11) is 0. The average Bonchev–Trinajstić information content (AvgIpc) is 2.55. The van der Waals surface area contributed by atoms with E-state index in [0.717, 1.165) is 0 Å². The summed E-state index contributed by atoms with van der Waals surface area (Å²) < 4.78 is 14.1.